The lowest BCUT2D eigenvalue weighted by Gasteiger charge is -2.13. The summed E-state index contributed by atoms with van der Waals surface area (Å²) in [6, 6.07) is 12.1. The molecule has 0 saturated carbocycles. The zero-order valence-electron chi connectivity index (χ0n) is 10.6. The van der Waals surface area contributed by atoms with E-state index in [4.69, 9.17) is 14.3 Å². The SMILES string of the molecule is CN(C)c1ccc2cc(OBOBO)ccc2c1. The van der Waals surface area contributed by atoms with Crippen LogP contribution in [0.3, 0.4) is 0 Å². The molecule has 0 aliphatic heterocycles. The summed E-state index contributed by atoms with van der Waals surface area (Å²) in [6.07, 6.45) is 0. The van der Waals surface area contributed by atoms with Crippen LogP contribution in [0.2, 0.25) is 0 Å². The molecule has 0 spiro atoms. The third kappa shape index (κ3) is 2.97. The molecule has 0 unspecified atom stereocenters. The van der Waals surface area contributed by atoms with Crippen LogP contribution in [0.25, 0.3) is 10.8 Å². The van der Waals surface area contributed by atoms with Crippen molar-refractivity contribution >= 4 is 31.8 Å². The van der Waals surface area contributed by atoms with Gasteiger partial charge in [0, 0.05) is 19.8 Å². The summed E-state index contributed by atoms with van der Waals surface area (Å²) < 4.78 is 10.1. The molecule has 18 heavy (non-hydrogen) atoms. The molecule has 0 fully saturated rings. The topological polar surface area (TPSA) is 41.9 Å². The molecule has 0 aromatic heterocycles. The van der Waals surface area contributed by atoms with E-state index in [9.17, 15) is 0 Å². The van der Waals surface area contributed by atoms with Gasteiger partial charge in [-0.15, -0.1) is 0 Å². The van der Waals surface area contributed by atoms with Gasteiger partial charge < -0.3 is 19.2 Å². The molecule has 92 valence electrons. The largest absolute Gasteiger partial charge is 0.539 e. The van der Waals surface area contributed by atoms with E-state index in [1.165, 1.54) is 5.69 Å². The zero-order chi connectivity index (χ0) is 13.0. The molecule has 0 aliphatic carbocycles. The summed E-state index contributed by atoms with van der Waals surface area (Å²) in [7, 11) is 3.76. The van der Waals surface area contributed by atoms with Crippen LogP contribution in [0.4, 0.5) is 5.69 Å². The first-order chi connectivity index (χ1) is 8.70. The number of rotatable bonds is 5. The number of fused-ring (bicyclic) bond motifs is 1. The molecular weight excluding hydrogens is 228 g/mol. The summed E-state index contributed by atoms with van der Waals surface area (Å²) in [5.74, 6) is 0.730. The maximum Gasteiger partial charge on any atom is 0.492 e. The molecule has 0 saturated heterocycles. The minimum Gasteiger partial charge on any atom is -0.539 e. The van der Waals surface area contributed by atoms with Gasteiger partial charge in [0.15, 0.2) is 0 Å². The summed E-state index contributed by atoms with van der Waals surface area (Å²) in [5.41, 5.74) is 1.17. The third-order valence-electron chi connectivity index (χ3n) is 2.71. The third-order valence-corrected chi connectivity index (χ3v) is 2.71. The van der Waals surface area contributed by atoms with Crippen LogP contribution in [-0.4, -0.2) is 34.5 Å². The molecule has 6 heteroatoms. The normalized spacial score (nSPS) is 10.2. The van der Waals surface area contributed by atoms with Crippen LogP contribution >= 0.6 is 0 Å². The lowest BCUT2D eigenvalue weighted by molar-refractivity contribution is 0.413. The van der Waals surface area contributed by atoms with Gasteiger partial charge in [-0.1, -0.05) is 12.1 Å². The van der Waals surface area contributed by atoms with Crippen LogP contribution < -0.4 is 9.55 Å². The lowest BCUT2D eigenvalue weighted by atomic mass is 10.1. The van der Waals surface area contributed by atoms with Crippen molar-refractivity contribution < 1.29 is 14.3 Å². The van der Waals surface area contributed by atoms with Crippen LogP contribution in [0, 0.1) is 0 Å². The second-order valence-corrected chi connectivity index (χ2v) is 4.18. The van der Waals surface area contributed by atoms with Crippen LogP contribution in [0.5, 0.6) is 5.75 Å². The predicted molar refractivity (Wildman–Crippen MR) is 76.5 cm³/mol. The maximum atomic E-state index is 8.49. The molecule has 2 rings (SSSR count). The highest BCUT2D eigenvalue weighted by Crippen LogP contribution is 2.24. The number of hydrogen-bond acceptors (Lipinski definition) is 4. The van der Waals surface area contributed by atoms with Crippen molar-refractivity contribution in [2.75, 3.05) is 19.0 Å². The molecule has 1 N–H and O–H groups in total. The molecule has 0 aliphatic rings. The predicted octanol–water partition coefficient (Wildman–Crippen LogP) is 0.826. The summed E-state index contributed by atoms with van der Waals surface area (Å²) >= 11 is 0. The van der Waals surface area contributed by atoms with Crippen molar-refractivity contribution in [2.24, 2.45) is 0 Å². The number of nitrogens with zero attached hydrogens (tertiary/aromatic N) is 1. The molecule has 0 bridgehead atoms. The Morgan fingerprint density at radius 2 is 1.78 bits per heavy atom. The Morgan fingerprint density at radius 1 is 1.06 bits per heavy atom. The van der Waals surface area contributed by atoms with Gasteiger partial charge in [-0.25, -0.2) is 0 Å². The summed E-state index contributed by atoms with van der Waals surface area (Å²) in [5, 5.41) is 10.8. The standard InChI is InChI=1S/C12H15B2NO3/c1-15(2)11-5-3-10-8-12(17-14-18-13-16)6-4-9(10)7-11/h3-8,13-14,16H,1-2H3. The smallest absolute Gasteiger partial charge is 0.492 e. The van der Waals surface area contributed by atoms with Crippen LogP contribution in [0.15, 0.2) is 36.4 Å². The first kappa shape index (κ1) is 12.8. The fourth-order valence-electron chi connectivity index (χ4n) is 1.73. The van der Waals surface area contributed by atoms with Crippen molar-refractivity contribution in [1.82, 2.24) is 0 Å². The Labute approximate surface area is 108 Å². The van der Waals surface area contributed by atoms with Gasteiger partial charge >= 0.3 is 15.4 Å². The fourth-order valence-corrected chi connectivity index (χ4v) is 1.73. The van der Waals surface area contributed by atoms with Crippen molar-refractivity contribution in [3.8, 4) is 5.75 Å². The Bertz CT molecular complexity index is 534. The van der Waals surface area contributed by atoms with Crippen molar-refractivity contribution in [3.05, 3.63) is 36.4 Å². The Balaban J connectivity index is 2.21. The highest BCUT2D eigenvalue weighted by Gasteiger charge is 2.01. The molecule has 0 heterocycles. The first-order valence-electron chi connectivity index (χ1n) is 5.73. The molecule has 2 aromatic rings. The van der Waals surface area contributed by atoms with E-state index in [1.54, 1.807) is 0 Å². The van der Waals surface area contributed by atoms with Gasteiger partial charge in [0.25, 0.3) is 0 Å². The first-order valence-corrected chi connectivity index (χ1v) is 5.73. The van der Waals surface area contributed by atoms with Gasteiger partial charge in [0.05, 0.1) is 0 Å². The van der Waals surface area contributed by atoms with Gasteiger partial charge in [0.1, 0.15) is 5.75 Å². The second-order valence-electron chi connectivity index (χ2n) is 4.18. The number of anilines is 1. The van der Waals surface area contributed by atoms with E-state index in [0.717, 1.165) is 16.5 Å². The average Bonchev–Trinajstić information content (AvgIpc) is 2.38. The molecule has 4 nitrogen and oxygen atoms in total. The molecule has 2 aromatic carbocycles. The van der Waals surface area contributed by atoms with Crippen LogP contribution in [0.1, 0.15) is 0 Å². The molecule has 0 atom stereocenters. The monoisotopic (exact) mass is 243 g/mol. The van der Waals surface area contributed by atoms with E-state index in [0.29, 0.717) is 0 Å². The maximum absolute atomic E-state index is 8.49. The van der Waals surface area contributed by atoms with Crippen molar-refractivity contribution in [3.63, 3.8) is 0 Å². The Kier molecular flexibility index (Phi) is 4.12. The van der Waals surface area contributed by atoms with Gasteiger partial charge in [-0.2, -0.15) is 0 Å². The van der Waals surface area contributed by atoms with E-state index in [1.807, 2.05) is 32.3 Å². The molecule has 0 radical (unpaired) electrons. The number of benzene rings is 2. The van der Waals surface area contributed by atoms with Gasteiger partial charge in [-0.05, 0) is 35.0 Å². The second kappa shape index (κ2) is 5.80. The van der Waals surface area contributed by atoms with E-state index >= 15 is 0 Å². The number of hydrogen-bond donors (Lipinski definition) is 1. The van der Waals surface area contributed by atoms with E-state index < -0.39 is 0 Å². The highest BCUT2D eigenvalue weighted by atomic mass is 16.6. The lowest BCUT2D eigenvalue weighted by Crippen LogP contribution is -2.10. The van der Waals surface area contributed by atoms with Gasteiger partial charge in [0.2, 0.25) is 0 Å². The average molecular weight is 243 g/mol. The Hall–Kier alpha value is -1.65. The van der Waals surface area contributed by atoms with E-state index in [-0.39, 0.29) is 15.4 Å². The summed E-state index contributed by atoms with van der Waals surface area (Å²) in [6.45, 7) is 0. The molecular formula is C12H15B2NO3. The zero-order valence-corrected chi connectivity index (χ0v) is 10.6. The highest BCUT2D eigenvalue weighted by molar-refractivity contribution is 6.34. The molecule has 0 amide bonds. The Morgan fingerprint density at radius 3 is 2.50 bits per heavy atom. The minimum atomic E-state index is -0.334. The fraction of sp³-hybridized carbons (Fsp3) is 0.167. The van der Waals surface area contributed by atoms with Gasteiger partial charge in [-0.3, -0.25) is 0 Å². The van der Waals surface area contributed by atoms with E-state index in [2.05, 4.69) is 23.1 Å². The quantitative estimate of drug-likeness (QED) is 0.623. The van der Waals surface area contributed by atoms with Crippen molar-refractivity contribution in [2.45, 2.75) is 0 Å². The minimum absolute atomic E-state index is 0.0534. The summed E-state index contributed by atoms with van der Waals surface area (Å²) in [4.78, 5) is 2.07. The van der Waals surface area contributed by atoms with Crippen LogP contribution in [-0.2, 0) is 4.57 Å². The van der Waals surface area contributed by atoms with Crippen molar-refractivity contribution in [1.29, 1.82) is 0 Å².